The van der Waals surface area contributed by atoms with E-state index in [1.807, 2.05) is 25.9 Å². The van der Waals surface area contributed by atoms with Crippen molar-refractivity contribution in [3.63, 3.8) is 0 Å². The fourth-order valence-electron chi connectivity index (χ4n) is 1.53. The first-order chi connectivity index (χ1) is 7.47. The molecule has 1 amide bonds. The van der Waals surface area contributed by atoms with E-state index in [-0.39, 0.29) is 12.0 Å². The lowest BCUT2D eigenvalue weighted by molar-refractivity contribution is -0.131. The zero-order valence-corrected chi connectivity index (χ0v) is 11.1. The first-order valence-corrected chi connectivity index (χ1v) is 6.08. The number of carbonyl (C=O) groups is 1. The van der Waals surface area contributed by atoms with Crippen LogP contribution in [0.15, 0.2) is 0 Å². The van der Waals surface area contributed by atoms with Crippen LogP contribution in [0.25, 0.3) is 0 Å². The van der Waals surface area contributed by atoms with Gasteiger partial charge in [0.05, 0.1) is 6.10 Å². The Morgan fingerprint density at radius 2 is 1.94 bits per heavy atom. The quantitative estimate of drug-likeness (QED) is 0.675. The monoisotopic (exact) mass is 230 g/mol. The number of nitrogens with zero attached hydrogens (tertiary/aromatic N) is 2. The second-order valence-electron chi connectivity index (χ2n) is 4.52. The SMILES string of the molecule is CCN(CCCN(C)C)C(=O)CCC(C)O. The third-order valence-electron chi connectivity index (χ3n) is 2.54. The van der Waals surface area contributed by atoms with Crippen LogP contribution in [-0.2, 0) is 4.79 Å². The van der Waals surface area contributed by atoms with Crippen LogP contribution in [0.3, 0.4) is 0 Å². The molecule has 0 spiro atoms. The Labute approximate surface area is 99.2 Å². The summed E-state index contributed by atoms with van der Waals surface area (Å²) in [7, 11) is 4.07. The van der Waals surface area contributed by atoms with Crippen molar-refractivity contribution in [3.8, 4) is 0 Å². The third-order valence-corrected chi connectivity index (χ3v) is 2.54. The van der Waals surface area contributed by atoms with Crippen LogP contribution in [0.4, 0.5) is 0 Å². The Morgan fingerprint density at radius 3 is 2.38 bits per heavy atom. The maximum absolute atomic E-state index is 11.8. The van der Waals surface area contributed by atoms with E-state index in [1.165, 1.54) is 0 Å². The largest absolute Gasteiger partial charge is 0.393 e. The molecule has 0 aromatic rings. The van der Waals surface area contributed by atoms with Gasteiger partial charge in [0.2, 0.25) is 5.91 Å². The molecule has 0 radical (unpaired) electrons. The molecule has 0 rings (SSSR count). The number of aliphatic hydroxyl groups excluding tert-OH is 1. The summed E-state index contributed by atoms with van der Waals surface area (Å²) in [6.45, 7) is 6.28. The number of rotatable bonds is 8. The van der Waals surface area contributed by atoms with E-state index in [0.717, 1.165) is 26.1 Å². The summed E-state index contributed by atoms with van der Waals surface area (Å²) in [5.74, 6) is 0.155. The van der Waals surface area contributed by atoms with Gasteiger partial charge in [-0.2, -0.15) is 0 Å². The van der Waals surface area contributed by atoms with Gasteiger partial charge in [-0.1, -0.05) is 0 Å². The van der Waals surface area contributed by atoms with E-state index in [1.54, 1.807) is 6.92 Å². The topological polar surface area (TPSA) is 43.8 Å². The van der Waals surface area contributed by atoms with Crippen LogP contribution in [-0.4, -0.2) is 60.6 Å². The van der Waals surface area contributed by atoms with Crippen LogP contribution in [0.1, 0.15) is 33.1 Å². The fourth-order valence-corrected chi connectivity index (χ4v) is 1.53. The van der Waals surface area contributed by atoms with Crippen molar-refractivity contribution in [2.45, 2.75) is 39.2 Å². The average Bonchev–Trinajstić information content (AvgIpc) is 2.20. The standard InChI is InChI=1S/C12H26N2O2/c1-5-14(10-6-9-13(3)4)12(16)8-7-11(2)15/h11,15H,5-10H2,1-4H3. The van der Waals surface area contributed by atoms with E-state index in [9.17, 15) is 4.79 Å². The Morgan fingerprint density at radius 1 is 1.31 bits per heavy atom. The lowest BCUT2D eigenvalue weighted by Gasteiger charge is -2.22. The molecule has 16 heavy (non-hydrogen) atoms. The van der Waals surface area contributed by atoms with Crippen LogP contribution < -0.4 is 0 Å². The van der Waals surface area contributed by atoms with Crippen molar-refractivity contribution in [1.82, 2.24) is 9.80 Å². The Bertz CT molecular complexity index is 193. The van der Waals surface area contributed by atoms with E-state index in [4.69, 9.17) is 5.11 Å². The number of amides is 1. The number of hydrogen-bond donors (Lipinski definition) is 1. The summed E-state index contributed by atoms with van der Waals surface area (Å²) >= 11 is 0. The second-order valence-corrected chi connectivity index (χ2v) is 4.52. The van der Waals surface area contributed by atoms with Gasteiger partial charge in [-0.3, -0.25) is 4.79 Å². The van der Waals surface area contributed by atoms with Crippen molar-refractivity contribution < 1.29 is 9.90 Å². The summed E-state index contributed by atoms with van der Waals surface area (Å²) in [5, 5.41) is 9.13. The van der Waals surface area contributed by atoms with E-state index < -0.39 is 0 Å². The highest BCUT2D eigenvalue weighted by Gasteiger charge is 2.11. The van der Waals surface area contributed by atoms with Crippen molar-refractivity contribution >= 4 is 5.91 Å². The first-order valence-electron chi connectivity index (χ1n) is 6.08. The van der Waals surface area contributed by atoms with Gasteiger partial charge in [-0.25, -0.2) is 0 Å². The maximum Gasteiger partial charge on any atom is 0.222 e. The summed E-state index contributed by atoms with van der Waals surface area (Å²) in [5.41, 5.74) is 0. The molecule has 1 unspecified atom stereocenters. The molecule has 96 valence electrons. The highest BCUT2D eigenvalue weighted by molar-refractivity contribution is 5.76. The molecule has 0 fully saturated rings. The molecule has 0 aromatic heterocycles. The van der Waals surface area contributed by atoms with Crippen LogP contribution >= 0.6 is 0 Å². The third kappa shape index (κ3) is 7.65. The molecule has 4 nitrogen and oxygen atoms in total. The fraction of sp³-hybridized carbons (Fsp3) is 0.917. The van der Waals surface area contributed by atoms with Crippen LogP contribution in [0.2, 0.25) is 0 Å². The predicted octanol–water partition coefficient (Wildman–Crippen LogP) is 0.948. The molecule has 4 heteroatoms. The van der Waals surface area contributed by atoms with Gasteiger partial charge in [0, 0.05) is 19.5 Å². The van der Waals surface area contributed by atoms with Crippen molar-refractivity contribution in [2.75, 3.05) is 33.7 Å². The minimum atomic E-state index is -0.385. The molecule has 1 N–H and O–H groups in total. The van der Waals surface area contributed by atoms with Gasteiger partial charge in [-0.05, 0) is 47.3 Å². The van der Waals surface area contributed by atoms with Crippen molar-refractivity contribution in [2.24, 2.45) is 0 Å². The zero-order valence-electron chi connectivity index (χ0n) is 11.1. The van der Waals surface area contributed by atoms with Gasteiger partial charge in [0.25, 0.3) is 0 Å². The second kappa shape index (κ2) is 8.53. The summed E-state index contributed by atoms with van der Waals surface area (Å²) < 4.78 is 0. The van der Waals surface area contributed by atoms with E-state index in [0.29, 0.717) is 12.8 Å². The number of carbonyl (C=O) groups excluding carboxylic acids is 1. The summed E-state index contributed by atoms with van der Waals surface area (Å²) in [4.78, 5) is 15.7. The first kappa shape index (κ1) is 15.4. The molecule has 0 saturated carbocycles. The molecule has 0 aliphatic rings. The van der Waals surface area contributed by atoms with Crippen LogP contribution in [0, 0.1) is 0 Å². The van der Waals surface area contributed by atoms with Crippen molar-refractivity contribution in [1.29, 1.82) is 0 Å². The highest BCUT2D eigenvalue weighted by Crippen LogP contribution is 2.02. The molecule has 0 aromatic carbocycles. The molecular weight excluding hydrogens is 204 g/mol. The number of hydrogen-bond acceptors (Lipinski definition) is 3. The number of aliphatic hydroxyl groups is 1. The maximum atomic E-state index is 11.8. The Hall–Kier alpha value is -0.610. The summed E-state index contributed by atoms with van der Waals surface area (Å²) in [6, 6.07) is 0. The minimum Gasteiger partial charge on any atom is -0.393 e. The molecule has 1 atom stereocenters. The normalized spacial score (nSPS) is 12.9. The molecule has 0 bridgehead atoms. The molecule has 0 heterocycles. The van der Waals surface area contributed by atoms with E-state index in [2.05, 4.69) is 4.90 Å². The lowest BCUT2D eigenvalue weighted by Crippen LogP contribution is -2.33. The van der Waals surface area contributed by atoms with Crippen LogP contribution in [0.5, 0.6) is 0 Å². The lowest BCUT2D eigenvalue weighted by atomic mass is 10.2. The molecule has 0 saturated heterocycles. The highest BCUT2D eigenvalue weighted by atomic mass is 16.3. The van der Waals surface area contributed by atoms with Crippen molar-refractivity contribution in [3.05, 3.63) is 0 Å². The zero-order chi connectivity index (χ0) is 12.6. The van der Waals surface area contributed by atoms with E-state index >= 15 is 0 Å². The molecule has 0 aliphatic carbocycles. The summed E-state index contributed by atoms with van der Waals surface area (Å²) in [6.07, 6.45) is 1.63. The minimum absolute atomic E-state index is 0.155. The molecule has 0 aliphatic heterocycles. The average molecular weight is 230 g/mol. The van der Waals surface area contributed by atoms with Gasteiger partial charge in [0.1, 0.15) is 0 Å². The van der Waals surface area contributed by atoms with Gasteiger partial charge in [-0.15, -0.1) is 0 Å². The van der Waals surface area contributed by atoms with Gasteiger partial charge in [0.15, 0.2) is 0 Å². The predicted molar refractivity (Wildman–Crippen MR) is 66.3 cm³/mol. The van der Waals surface area contributed by atoms with Gasteiger partial charge < -0.3 is 14.9 Å². The smallest absolute Gasteiger partial charge is 0.222 e. The Balaban J connectivity index is 3.83. The Kier molecular flexibility index (Phi) is 8.21. The van der Waals surface area contributed by atoms with Gasteiger partial charge >= 0.3 is 0 Å². The molecular formula is C12H26N2O2.